The van der Waals surface area contributed by atoms with Gasteiger partial charge in [-0.25, -0.2) is 0 Å². The van der Waals surface area contributed by atoms with Crippen LogP contribution in [-0.2, 0) is 4.74 Å². The molecule has 0 amide bonds. The summed E-state index contributed by atoms with van der Waals surface area (Å²) < 4.78 is 11.7. The van der Waals surface area contributed by atoms with Gasteiger partial charge in [0.2, 0.25) is 5.82 Å². The molecule has 0 aliphatic rings. The maximum Gasteiger partial charge on any atom is 0.258 e. The van der Waals surface area contributed by atoms with Crippen molar-refractivity contribution in [1.29, 1.82) is 0 Å². The van der Waals surface area contributed by atoms with Gasteiger partial charge in [-0.05, 0) is 54.1 Å². The molecule has 2 aromatic rings. The Morgan fingerprint density at radius 3 is 2.85 bits per heavy atom. The Balaban J connectivity index is 2.24. The van der Waals surface area contributed by atoms with Gasteiger partial charge in [-0.2, -0.15) is 4.98 Å². The molecule has 0 aliphatic carbocycles. The van der Waals surface area contributed by atoms with Crippen LogP contribution in [0.25, 0.3) is 11.5 Å². The summed E-state index contributed by atoms with van der Waals surface area (Å²) in [6.07, 6.45) is 1.70. The molecule has 1 aromatic heterocycles. The SMILES string of the molecule is CCCC(OCC)c1noc(-c2ccc(I)c(O)c2)n1. The van der Waals surface area contributed by atoms with E-state index in [9.17, 15) is 5.11 Å². The Morgan fingerprint density at radius 1 is 1.40 bits per heavy atom. The number of rotatable bonds is 6. The molecule has 0 radical (unpaired) electrons. The minimum Gasteiger partial charge on any atom is -0.507 e. The summed E-state index contributed by atoms with van der Waals surface area (Å²) in [4.78, 5) is 4.37. The van der Waals surface area contributed by atoms with Crippen LogP contribution in [0.15, 0.2) is 22.7 Å². The van der Waals surface area contributed by atoms with E-state index in [1.807, 2.05) is 13.0 Å². The molecule has 1 heterocycles. The van der Waals surface area contributed by atoms with E-state index in [2.05, 4.69) is 39.7 Å². The molecule has 0 saturated heterocycles. The van der Waals surface area contributed by atoms with Crippen molar-refractivity contribution in [2.24, 2.45) is 0 Å². The standard InChI is InChI=1S/C14H17IN2O3/c1-3-5-12(19-4-2)13-16-14(20-17-13)9-6-7-10(15)11(18)8-9/h6-8,12,18H,3-5H2,1-2H3. The Morgan fingerprint density at radius 2 is 2.20 bits per heavy atom. The average molecular weight is 388 g/mol. The van der Waals surface area contributed by atoms with Gasteiger partial charge in [-0.3, -0.25) is 0 Å². The predicted octanol–water partition coefficient (Wildman–Crippen LogP) is 3.92. The van der Waals surface area contributed by atoms with Gasteiger partial charge in [0.25, 0.3) is 5.89 Å². The van der Waals surface area contributed by atoms with Crippen molar-refractivity contribution < 1.29 is 14.4 Å². The normalized spacial score (nSPS) is 12.6. The quantitative estimate of drug-likeness (QED) is 0.760. The summed E-state index contributed by atoms with van der Waals surface area (Å²) >= 11 is 2.06. The summed E-state index contributed by atoms with van der Waals surface area (Å²) in [6, 6.07) is 5.27. The Hall–Kier alpha value is -1.15. The number of hydrogen-bond acceptors (Lipinski definition) is 5. The van der Waals surface area contributed by atoms with Gasteiger partial charge in [-0.1, -0.05) is 18.5 Å². The monoisotopic (exact) mass is 388 g/mol. The molecule has 0 fully saturated rings. The maximum atomic E-state index is 9.72. The Kier molecular flexibility index (Phi) is 5.36. The number of phenols is 1. The van der Waals surface area contributed by atoms with Crippen LogP contribution in [0.4, 0.5) is 0 Å². The summed E-state index contributed by atoms with van der Waals surface area (Å²) in [7, 11) is 0. The zero-order chi connectivity index (χ0) is 14.5. The third kappa shape index (κ3) is 3.49. The first-order valence-corrected chi connectivity index (χ1v) is 7.67. The van der Waals surface area contributed by atoms with Crippen molar-refractivity contribution in [2.45, 2.75) is 32.8 Å². The molecule has 1 N–H and O–H groups in total. The van der Waals surface area contributed by atoms with E-state index in [1.54, 1.807) is 12.1 Å². The van der Waals surface area contributed by atoms with Crippen LogP contribution in [-0.4, -0.2) is 21.9 Å². The smallest absolute Gasteiger partial charge is 0.258 e. The Bertz CT molecular complexity index is 565. The van der Waals surface area contributed by atoms with Crippen molar-refractivity contribution in [1.82, 2.24) is 10.1 Å². The Labute approximate surface area is 131 Å². The van der Waals surface area contributed by atoms with Gasteiger partial charge in [-0.15, -0.1) is 0 Å². The second-order valence-electron chi connectivity index (χ2n) is 4.36. The third-order valence-corrected chi connectivity index (χ3v) is 3.75. The molecular weight excluding hydrogens is 371 g/mol. The van der Waals surface area contributed by atoms with Crippen LogP contribution in [0.5, 0.6) is 5.75 Å². The highest BCUT2D eigenvalue weighted by molar-refractivity contribution is 14.1. The van der Waals surface area contributed by atoms with Crippen molar-refractivity contribution in [2.75, 3.05) is 6.61 Å². The number of nitrogens with zero attached hydrogens (tertiary/aromatic N) is 2. The molecule has 0 aliphatic heterocycles. The van der Waals surface area contributed by atoms with Gasteiger partial charge in [0.15, 0.2) is 0 Å². The van der Waals surface area contributed by atoms with Gasteiger partial charge in [0.05, 0.1) is 3.57 Å². The number of hydrogen-bond donors (Lipinski definition) is 1. The molecular formula is C14H17IN2O3. The van der Waals surface area contributed by atoms with E-state index >= 15 is 0 Å². The second-order valence-corrected chi connectivity index (χ2v) is 5.52. The van der Waals surface area contributed by atoms with E-state index in [1.165, 1.54) is 0 Å². The first-order chi connectivity index (χ1) is 9.65. The van der Waals surface area contributed by atoms with E-state index in [4.69, 9.17) is 9.26 Å². The van der Waals surface area contributed by atoms with Crippen LogP contribution in [0.2, 0.25) is 0 Å². The molecule has 1 aromatic carbocycles. The third-order valence-electron chi connectivity index (χ3n) is 2.84. The number of ether oxygens (including phenoxy) is 1. The molecule has 20 heavy (non-hydrogen) atoms. The van der Waals surface area contributed by atoms with Gasteiger partial charge < -0.3 is 14.4 Å². The van der Waals surface area contributed by atoms with Crippen molar-refractivity contribution in [3.05, 3.63) is 27.6 Å². The molecule has 0 spiro atoms. The highest BCUT2D eigenvalue weighted by Gasteiger charge is 2.19. The van der Waals surface area contributed by atoms with Gasteiger partial charge in [0, 0.05) is 12.2 Å². The average Bonchev–Trinajstić information content (AvgIpc) is 2.91. The number of aromatic nitrogens is 2. The summed E-state index contributed by atoms with van der Waals surface area (Å²) in [5, 5.41) is 13.7. The first kappa shape index (κ1) is 15.2. The van der Waals surface area contributed by atoms with E-state index in [-0.39, 0.29) is 11.9 Å². The summed E-state index contributed by atoms with van der Waals surface area (Å²) in [5.74, 6) is 1.16. The fourth-order valence-corrected chi connectivity index (χ4v) is 2.21. The lowest BCUT2D eigenvalue weighted by atomic mass is 10.2. The number of halogens is 1. The van der Waals surface area contributed by atoms with E-state index in [0.29, 0.717) is 23.9 Å². The molecule has 1 atom stereocenters. The lowest BCUT2D eigenvalue weighted by Crippen LogP contribution is -2.05. The van der Waals surface area contributed by atoms with Crippen LogP contribution >= 0.6 is 22.6 Å². The predicted molar refractivity (Wildman–Crippen MR) is 83.4 cm³/mol. The van der Waals surface area contributed by atoms with Crippen LogP contribution < -0.4 is 0 Å². The molecule has 5 nitrogen and oxygen atoms in total. The topological polar surface area (TPSA) is 68.4 Å². The van der Waals surface area contributed by atoms with Crippen LogP contribution in [0.1, 0.15) is 38.6 Å². The zero-order valence-electron chi connectivity index (χ0n) is 11.5. The van der Waals surface area contributed by atoms with E-state index in [0.717, 1.165) is 16.4 Å². The molecule has 0 saturated carbocycles. The molecule has 2 rings (SSSR count). The zero-order valence-corrected chi connectivity index (χ0v) is 13.6. The van der Waals surface area contributed by atoms with E-state index < -0.39 is 0 Å². The molecule has 108 valence electrons. The minimum absolute atomic E-state index is 0.139. The maximum absolute atomic E-state index is 9.72. The molecule has 0 bridgehead atoms. The van der Waals surface area contributed by atoms with Crippen molar-refractivity contribution >= 4 is 22.6 Å². The van der Waals surface area contributed by atoms with Gasteiger partial charge in [0.1, 0.15) is 11.9 Å². The molecule has 6 heteroatoms. The fraction of sp³-hybridized carbons (Fsp3) is 0.429. The largest absolute Gasteiger partial charge is 0.507 e. The highest BCUT2D eigenvalue weighted by Crippen LogP contribution is 2.28. The fourth-order valence-electron chi connectivity index (χ4n) is 1.88. The lowest BCUT2D eigenvalue weighted by Gasteiger charge is -2.11. The van der Waals surface area contributed by atoms with Crippen LogP contribution in [0.3, 0.4) is 0 Å². The highest BCUT2D eigenvalue weighted by atomic mass is 127. The van der Waals surface area contributed by atoms with Crippen molar-refractivity contribution in [3.8, 4) is 17.2 Å². The lowest BCUT2D eigenvalue weighted by molar-refractivity contribution is 0.0478. The minimum atomic E-state index is -0.139. The first-order valence-electron chi connectivity index (χ1n) is 6.59. The summed E-state index contributed by atoms with van der Waals surface area (Å²) in [6.45, 7) is 4.64. The number of aromatic hydroxyl groups is 1. The number of benzene rings is 1. The number of phenolic OH excluding ortho intramolecular Hbond substituents is 1. The van der Waals surface area contributed by atoms with Crippen LogP contribution in [0, 0.1) is 3.57 Å². The van der Waals surface area contributed by atoms with Crippen molar-refractivity contribution in [3.63, 3.8) is 0 Å². The van der Waals surface area contributed by atoms with Gasteiger partial charge >= 0.3 is 0 Å². The second kappa shape index (κ2) is 7.03. The summed E-state index contributed by atoms with van der Waals surface area (Å²) in [5.41, 5.74) is 0.702. The molecule has 1 unspecified atom stereocenters.